The maximum atomic E-state index is 13.0. The number of rotatable bonds is 5. The fraction of sp³-hybridized carbons (Fsp3) is 0.333. The van der Waals surface area contributed by atoms with E-state index in [2.05, 4.69) is 12.1 Å². The van der Waals surface area contributed by atoms with Crippen LogP contribution in [-0.2, 0) is 10.0 Å². The molecule has 0 aliphatic carbocycles. The van der Waals surface area contributed by atoms with Gasteiger partial charge in [0, 0.05) is 23.9 Å². The summed E-state index contributed by atoms with van der Waals surface area (Å²) >= 11 is 1.54. The molecule has 2 N–H and O–H groups in total. The van der Waals surface area contributed by atoms with E-state index in [9.17, 15) is 8.42 Å². The summed E-state index contributed by atoms with van der Waals surface area (Å²) in [4.78, 5) is 1.31. The number of hydrogen-bond acceptors (Lipinski definition) is 4. The van der Waals surface area contributed by atoms with E-state index >= 15 is 0 Å². The Kier molecular flexibility index (Phi) is 5.30. The molecule has 3 rings (SSSR count). The van der Waals surface area contributed by atoms with E-state index in [1.54, 1.807) is 34.3 Å². The van der Waals surface area contributed by atoms with Crippen molar-refractivity contribution in [3.63, 3.8) is 0 Å². The van der Waals surface area contributed by atoms with E-state index in [-0.39, 0.29) is 11.8 Å². The first kappa shape index (κ1) is 17.5. The van der Waals surface area contributed by atoms with Gasteiger partial charge in [0.1, 0.15) is 0 Å². The second-order valence-corrected chi connectivity index (χ2v) is 8.83. The van der Waals surface area contributed by atoms with Crippen LogP contribution in [0.2, 0.25) is 0 Å². The Balaban J connectivity index is 1.89. The number of thioether (sulfide) groups is 1. The number of benzene rings is 2. The van der Waals surface area contributed by atoms with Crippen LogP contribution in [0.15, 0.2) is 64.4 Å². The molecule has 0 spiro atoms. The van der Waals surface area contributed by atoms with E-state index in [0.29, 0.717) is 24.5 Å². The molecule has 2 aromatic rings. The van der Waals surface area contributed by atoms with Gasteiger partial charge in [0.15, 0.2) is 0 Å². The van der Waals surface area contributed by atoms with Crippen molar-refractivity contribution in [3.05, 3.63) is 60.2 Å². The predicted molar refractivity (Wildman–Crippen MR) is 98.7 cm³/mol. The number of nitrogens with two attached hydrogens (primary N) is 1. The van der Waals surface area contributed by atoms with Crippen LogP contribution in [0, 0.1) is 5.92 Å². The summed E-state index contributed by atoms with van der Waals surface area (Å²) in [5.74, 6) is 0.292. The first-order chi connectivity index (χ1) is 11.6. The summed E-state index contributed by atoms with van der Waals surface area (Å²) in [6.45, 7) is 1.44. The first-order valence-corrected chi connectivity index (χ1v) is 10.6. The van der Waals surface area contributed by atoms with Crippen molar-refractivity contribution in [1.82, 2.24) is 4.31 Å². The molecule has 0 aromatic heterocycles. The second-order valence-electron chi connectivity index (χ2n) is 6.01. The lowest BCUT2D eigenvalue weighted by Gasteiger charge is -2.17. The van der Waals surface area contributed by atoms with Gasteiger partial charge in [-0.15, -0.1) is 11.8 Å². The number of nitrogens with zero attached hydrogens (tertiary/aromatic N) is 1. The summed E-state index contributed by atoms with van der Waals surface area (Å²) < 4.78 is 27.6. The molecule has 6 heteroatoms. The van der Waals surface area contributed by atoms with E-state index in [0.717, 1.165) is 10.5 Å². The topological polar surface area (TPSA) is 63.4 Å². The first-order valence-electron chi connectivity index (χ1n) is 7.95. The van der Waals surface area contributed by atoms with Gasteiger partial charge in [0.2, 0.25) is 10.0 Å². The lowest BCUT2D eigenvalue weighted by atomic mass is 9.89. The van der Waals surface area contributed by atoms with Crippen molar-refractivity contribution in [2.24, 2.45) is 11.7 Å². The highest BCUT2D eigenvalue weighted by Gasteiger charge is 2.39. The third-order valence-electron chi connectivity index (χ3n) is 4.62. The van der Waals surface area contributed by atoms with Gasteiger partial charge >= 0.3 is 0 Å². The average Bonchev–Trinajstić information content (AvgIpc) is 3.07. The fourth-order valence-corrected chi connectivity index (χ4v) is 5.36. The normalized spacial score (nSPS) is 21.9. The third kappa shape index (κ3) is 3.37. The highest BCUT2D eigenvalue weighted by atomic mass is 32.2. The Morgan fingerprint density at radius 3 is 2.54 bits per heavy atom. The molecule has 1 saturated heterocycles. The standard InChI is InChI=1S/C18H22N2O2S2/c1-23-16-8-5-9-17(10-16)24(21,22)20-12-15(11-19)18(13-20)14-6-3-2-4-7-14/h2-10,15,18H,11-13,19H2,1H3/t15-,18+/m1/s1. The van der Waals surface area contributed by atoms with Gasteiger partial charge in [-0.2, -0.15) is 4.31 Å². The molecule has 1 fully saturated rings. The molecule has 2 aromatic carbocycles. The van der Waals surface area contributed by atoms with E-state index in [1.165, 1.54) is 0 Å². The summed E-state index contributed by atoms with van der Waals surface area (Å²) in [6, 6.07) is 17.2. The molecule has 1 aliphatic heterocycles. The van der Waals surface area contributed by atoms with Crippen LogP contribution in [0.1, 0.15) is 11.5 Å². The van der Waals surface area contributed by atoms with Gasteiger partial charge < -0.3 is 5.73 Å². The van der Waals surface area contributed by atoms with Gasteiger partial charge in [0.25, 0.3) is 0 Å². The summed E-state index contributed by atoms with van der Waals surface area (Å²) in [5, 5.41) is 0. The van der Waals surface area contributed by atoms with Gasteiger partial charge in [-0.05, 0) is 42.5 Å². The molecule has 0 radical (unpaired) electrons. The zero-order chi connectivity index (χ0) is 17.2. The van der Waals surface area contributed by atoms with Gasteiger partial charge in [0.05, 0.1) is 4.90 Å². The summed E-state index contributed by atoms with van der Waals surface area (Å²) in [7, 11) is -3.49. The average molecular weight is 363 g/mol. The summed E-state index contributed by atoms with van der Waals surface area (Å²) in [6.07, 6.45) is 1.94. The molecule has 128 valence electrons. The Morgan fingerprint density at radius 1 is 1.12 bits per heavy atom. The molecule has 0 saturated carbocycles. The van der Waals surface area contributed by atoms with Gasteiger partial charge in [-0.1, -0.05) is 36.4 Å². The van der Waals surface area contributed by atoms with Crippen LogP contribution >= 0.6 is 11.8 Å². The molecule has 1 aliphatic rings. The maximum Gasteiger partial charge on any atom is 0.243 e. The van der Waals surface area contributed by atoms with Crippen LogP contribution in [0.25, 0.3) is 0 Å². The minimum absolute atomic E-state index is 0.144. The van der Waals surface area contributed by atoms with Crippen LogP contribution < -0.4 is 5.73 Å². The maximum absolute atomic E-state index is 13.0. The van der Waals surface area contributed by atoms with E-state index in [4.69, 9.17) is 5.73 Å². The van der Waals surface area contributed by atoms with E-state index in [1.807, 2.05) is 30.5 Å². The minimum atomic E-state index is -3.49. The third-order valence-corrected chi connectivity index (χ3v) is 7.17. The van der Waals surface area contributed by atoms with Crippen LogP contribution in [0.4, 0.5) is 0 Å². The molecule has 4 nitrogen and oxygen atoms in total. The zero-order valence-corrected chi connectivity index (χ0v) is 15.3. The Bertz CT molecular complexity index is 794. The largest absolute Gasteiger partial charge is 0.330 e. The van der Waals surface area contributed by atoms with Crippen molar-refractivity contribution < 1.29 is 8.42 Å². The fourth-order valence-electron chi connectivity index (χ4n) is 3.26. The van der Waals surface area contributed by atoms with Gasteiger partial charge in [-0.25, -0.2) is 8.42 Å². The molecular weight excluding hydrogens is 340 g/mol. The summed E-state index contributed by atoms with van der Waals surface area (Å²) in [5.41, 5.74) is 7.08. The lowest BCUT2D eigenvalue weighted by molar-refractivity contribution is 0.459. The zero-order valence-electron chi connectivity index (χ0n) is 13.6. The molecule has 1 heterocycles. The van der Waals surface area contributed by atoms with Gasteiger partial charge in [-0.3, -0.25) is 0 Å². The van der Waals surface area contributed by atoms with Crippen molar-refractivity contribution in [1.29, 1.82) is 0 Å². The highest BCUT2D eigenvalue weighted by molar-refractivity contribution is 7.98. The molecular formula is C18H22N2O2S2. The number of sulfonamides is 1. The molecule has 0 bridgehead atoms. The van der Waals surface area contributed by atoms with Crippen molar-refractivity contribution in [3.8, 4) is 0 Å². The van der Waals surface area contributed by atoms with Crippen LogP contribution in [0.3, 0.4) is 0 Å². The lowest BCUT2D eigenvalue weighted by Crippen LogP contribution is -2.30. The Hall–Kier alpha value is -1.34. The quantitative estimate of drug-likeness (QED) is 0.831. The van der Waals surface area contributed by atoms with Crippen LogP contribution in [0.5, 0.6) is 0 Å². The van der Waals surface area contributed by atoms with Crippen molar-refractivity contribution >= 4 is 21.8 Å². The molecule has 24 heavy (non-hydrogen) atoms. The second kappa shape index (κ2) is 7.27. The SMILES string of the molecule is CSc1cccc(S(=O)(=O)N2C[C@@H](CN)[C@H](c3ccccc3)C2)c1. The minimum Gasteiger partial charge on any atom is -0.330 e. The predicted octanol–water partition coefficient (Wildman–Crippen LogP) is 2.77. The smallest absolute Gasteiger partial charge is 0.243 e. The van der Waals surface area contributed by atoms with Crippen molar-refractivity contribution in [2.75, 3.05) is 25.9 Å². The number of hydrogen-bond donors (Lipinski definition) is 1. The Labute approximate surface area is 148 Å². The molecule has 0 unspecified atom stereocenters. The monoisotopic (exact) mass is 362 g/mol. The highest BCUT2D eigenvalue weighted by Crippen LogP contribution is 2.35. The van der Waals surface area contributed by atoms with E-state index < -0.39 is 10.0 Å². The van der Waals surface area contributed by atoms with Crippen molar-refractivity contribution in [2.45, 2.75) is 15.7 Å². The Morgan fingerprint density at radius 2 is 1.88 bits per heavy atom. The van der Waals surface area contributed by atoms with Crippen LogP contribution in [-0.4, -0.2) is 38.6 Å². The molecule has 0 amide bonds. The molecule has 2 atom stereocenters.